The van der Waals surface area contributed by atoms with Gasteiger partial charge in [0.2, 0.25) is 5.56 Å². The fourth-order valence-corrected chi connectivity index (χ4v) is 2.56. The first-order valence-electron chi connectivity index (χ1n) is 7.34. The van der Waals surface area contributed by atoms with Gasteiger partial charge in [0.1, 0.15) is 6.07 Å². The summed E-state index contributed by atoms with van der Waals surface area (Å²) in [5.41, 5.74) is 8.00. The summed E-state index contributed by atoms with van der Waals surface area (Å²) in [6.07, 6.45) is 1.48. The van der Waals surface area contributed by atoms with E-state index in [0.717, 1.165) is 5.56 Å². The Bertz CT molecular complexity index is 1060. The van der Waals surface area contributed by atoms with Crippen LogP contribution in [0.2, 0.25) is 0 Å². The highest BCUT2D eigenvalue weighted by molar-refractivity contribution is 5.96. The number of aromatic nitrogens is 2. The molecule has 0 radical (unpaired) electrons. The first-order valence-corrected chi connectivity index (χ1v) is 7.34. The molecule has 0 aliphatic heterocycles. The fraction of sp³-hybridized carbons (Fsp3) is 0.0556. The third-order valence-electron chi connectivity index (χ3n) is 3.75. The molecule has 7 heteroatoms. The van der Waals surface area contributed by atoms with Gasteiger partial charge in [-0.1, -0.05) is 18.2 Å². The van der Waals surface area contributed by atoms with Gasteiger partial charge < -0.3 is 20.0 Å². The lowest BCUT2D eigenvalue weighted by Gasteiger charge is -2.10. The van der Waals surface area contributed by atoms with E-state index in [1.807, 2.05) is 12.1 Å². The molecule has 7 nitrogen and oxygen atoms in total. The van der Waals surface area contributed by atoms with Crippen molar-refractivity contribution >= 4 is 11.7 Å². The van der Waals surface area contributed by atoms with Gasteiger partial charge in [0, 0.05) is 29.2 Å². The number of esters is 1. The summed E-state index contributed by atoms with van der Waals surface area (Å²) in [5, 5.41) is 9.19. The normalized spacial score (nSPS) is 10.2. The number of aromatic amines is 1. The smallest absolute Gasteiger partial charge is 0.357 e. The van der Waals surface area contributed by atoms with Gasteiger partial charge in [-0.25, -0.2) is 4.79 Å². The molecule has 0 aliphatic carbocycles. The van der Waals surface area contributed by atoms with Crippen molar-refractivity contribution in [3.05, 3.63) is 70.3 Å². The molecule has 124 valence electrons. The molecule has 0 fully saturated rings. The van der Waals surface area contributed by atoms with Gasteiger partial charge in [-0.05, 0) is 18.2 Å². The third-order valence-corrected chi connectivity index (χ3v) is 3.75. The Kier molecular flexibility index (Phi) is 4.10. The van der Waals surface area contributed by atoms with Crippen LogP contribution in [0.25, 0.3) is 16.9 Å². The number of hydrogen-bond donors (Lipinski definition) is 2. The van der Waals surface area contributed by atoms with Gasteiger partial charge in [0.25, 0.3) is 0 Å². The molecule has 0 spiro atoms. The molecule has 0 aliphatic rings. The van der Waals surface area contributed by atoms with Crippen LogP contribution < -0.4 is 11.3 Å². The minimum Gasteiger partial charge on any atom is -0.464 e. The van der Waals surface area contributed by atoms with Gasteiger partial charge in [0.15, 0.2) is 5.69 Å². The van der Waals surface area contributed by atoms with Crippen molar-refractivity contribution in [3.63, 3.8) is 0 Å². The summed E-state index contributed by atoms with van der Waals surface area (Å²) in [5.74, 6) is -0.641. The number of benzene rings is 1. The lowest BCUT2D eigenvalue weighted by molar-refractivity contribution is 0.0593. The van der Waals surface area contributed by atoms with E-state index in [1.165, 1.54) is 23.9 Å². The van der Waals surface area contributed by atoms with E-state index >= 15 is 0 Å². The number of H-pyrrole nitrogens is 1. The minimum atomic E-state index is -0.641. The van der Waals surface area contributed by atoms with Crippen molar-refractivity contribution < 1.29 is 9.53 Å². The van der Waals surface area contributed by atoms with E-state index in [0.29, 0.717) is 11.4 Å². The molecule has 0 saturated heterocycles. The number of nitriles is 1. The van der Waals surface area contributed by atoms with E-state index in [4.69, 9.17) is 10.5 Å². The summed E-state index contributed by atoms with van der Waals surface area (Å²) >= 11 is 0. The number of hydrogen-bond acceptors (Lipinski definition) is 5. The fourth-order valence-electron chi connectivity index (χ4n) is 2.56. The maximum atomic E-state index is 12.1. The van der Waals surface area contributed by atoms with Gasteiger partial charge in [-0.15, -0.1) is 0 Å². The molecule has 1 aromatic carbocycles. The molecular weight excluding hydrogens is 320 g/mol. The summed E-state index contributed by atoms with van der Waals surface area (Å²) < 4.78 is 6.28. The van der Waals surface area contributed by atoms with Crippen molar-refractivity contribution in [3.8, 4) is 23.0 Å². The number of methoxy groups -OCH3 is 1. The van der Waals surface area contributed by atoms with Crippen LogP contribution in [0.1, 0.15) is 16.1 Å². The Morgan fingerprint density at radius 3 is 2.72 bits per heavy atom. The van der Waals surface area contributed by atoms with Crippen LogP contribution in [0.4, 0.5) is 5.69 Å². The highest BCUT2D eigenvalue weighted by atomic mass is 16.5. The Hall–Kier alpha value is -3.79. The standard InChI is InChI=1S/C18H14N4O3/c1-25-18(24)17-16(20)12(9-19)10-22(17)13-5-2-4-11(8-13)14-6-3-7-15(23)21-14/h2-8,10H,20H2,1H3,(H,21,23). The van der Waals surface area contributed by atoms with Crippen LogP contribution in [0.3, 0.4) is 0 Å². The average Bonchev–Trinajstić information content (AvgIpc) is 2.97. The van der Waals surface area contributed by atoms with Crippen LogP contribution in [-0.2, 0) is 4.74 Å². The second-order valence-corrected chi connectivity index (χ2v) is 5.26. The van der Waals surface area contributed by atoms with Crippen LogP contribution >= 0.6 is 0 Å². The molecule has 3 aromatic rings. The first-order chi connectivity index (χ1) is 12.0. The van der Waals surface area contributed by atoms with Crippen molar-refractivity contribution in [2.24, 2.45) is 0 Å². The third kappa shape index (κ3) is 2.88. The van der Waals surface area contributed by atoms with Crippen LogP contribution in [0.15, 0.2) is 53.5 Å². The lowest BCUT2D eigenvalue weighted by Crippen LogP contribution is -2.11. The molecule has 3 N–H and O–H groups in total. The number of rotatable bonds is 3. The lowest BCUT2D eigenvalue weighted by atomic mass is 10.1. The Morgan fingerprint density at radius 1 is 1.28 bits per heavy atom. The highest BCUT2D eigenvalue weighted by Gasteiger charge is 2.21. The summed E-state index contributed by atoms with van der Waals surface area (Å²) in [6, 6.07) is 13.9. The number of pyridine rings is 1. The maximum Gasteiger partial charge on any atom is 0.357 e. The Balaban J connectivity index is 2.18. The number of nitrogens with two attached hydrogens (primary N) is 1. The molecule has 25 heavy (non-hydrogen) atoms. The minimum absolute atomic E-state index is 0.0628. The van der Waals surface area contributed by atoms with Crippen LogP contribution in [-0.4, -0.2) is 22.6 Å². The number of nitrogens with zero attached hydrogens (tertiary/aromatic N) is 2. The number of nitrogens with one attached hydrogen (secondary N) is 1. The summed E-state index contributed by atoms with van der Waals surface area (Å²) in [7, 11) is 1.25. The highest BCUT2D eigenvalue weighted by Crippen LogP contribution is 2.26. The van der Waals surface area contributed by atoms with E-state index in [2.05, 4.69) is 4.98 Å². The zero-order valence-electron chi connectivity index (χ0n) is 13.3. The van der Waals surface area contributed by atoms with Gasteiger partial charge >= 0.3 is 5.97 Å². The zero-order chi connectivity index (χ0) is 18.0. The molecule has 0 atom stereocenters. The number of carbonyl (C=O) groups is 1. The SMILES string of the molecule is COC(=O)c1c(N)c(C#N)cn1-c1cccc(-c2cccc(=O)[nH]2)c1. The zero-order valence-corrected chi connectivity index (χ0v) is 13.3. The first kappa shape index (κ1) is 16.1. The van der Waals surface area contributed by atoms with Gasteiger partial charge in [-0.2, -0.15) is 5.26 Å². The van der Waals surface area contributed by atoms with Crippen molar-refractivity contribution in [2.45, 2.75) is 0 Å². The predicted octanol–water partition coefficient (Wildman–Crippen LogP) is 2.07. The van der Waals surface area contributed by atoms with E-state index < -0.39 is 5.97 Å². The second kappa shape index (κ2) is 6.37. The topological polar surface area (TPSA) is 114 Å². The molecule has 2 aromatic heterocycles. The summed E-state index contributed by atoms with van der Waals surface area (Å²) in [4.78, 5) is 26.3. The Labute approximate surface area is 142 Å². The average molecular weight is 334 g/mol. The predicted molar refractivity (Wildman–Crippen MR) is 92.3 cm³/mol. The molecule has 0 saturated carbocycles. The van der Waals surface area contributed by atoms with Crippen LogP contribution in [0, 0.1) is 11.3 Å². The van der Waals surface area contributed by atoms with E-state index in [9.17, 15) is 14.9 Å². The Morgan fingerprint density at radius 2 is 2.04 bits per heavy atom. The number of carbonyl (C=O) groups excluding carboxylic acids is 1. The molecule has 0 bridgehead atoms. The molecule has 2 heterocycles. The number of anilines is 1. The van der Waals surface area contributed by atoms with Gasteiger partial charge in [0.05, 0.1) is 18.4 Å². The van der Waals surface area contributed by atoms with Crippen molar-refractivity contribution in [1.29, 1.82) is 5.26 Å². The van der Waals surface area contributed by atoms with E-state index in [1.54, 1.807) is 30.3 Å². The van der Waals surface area contributed by atoms with Crippen molar-refractivity contribution in [2.75, 3.05) is 12.8 Å². The number of ether oxygens (including phenoxy) is 1. The van der Waals surface area contributed by atoms with Crippen LogP contribution in [0.5, 0.6) is 0 Å². The molecule has 3 rings (SSSR count). The summed E-state index contributed by atoms with van der Waals surface area (Å²) in [6.45, 7) is 0. The van der Waals surface area contributed by atoms with Crippen molar-refractivity contribution in [1.82, 2.24) is 9.55 Å². The monoisotopic (exact) mass is 334 g/mol. The maximum absolute atomic E-state index is 12.1. The molecule has 0 amide bonds. The second-order valence-electron chi connectivity index (χ2n) is 5.26. The van der Waals surface area contributed by atoms with Gasteiger partial charge in [-0.3, -0.25) is 4.79 Å². The number of nitrogen functional groups attached to an aromatic ring is 1. The molecule has 0 unspecified atom stereocenters. The molecular formula is C18H14N4O3. The quantitative estimate of drug-likeness (QED) is 0.712. The largest absolute Gasteiger partial charge is 0.464 e. The van der Waals surface area contributed by atoms with E-state index in [-0.39, 0.29) is 22.5 Å².